The largest absolute Gasteiger partial charge is 0.365 e. The maximum Gasteiger partial charge on any atom is 0.294 e. The van der Waals surface area contributed by atoms with Crippen molar-refractivity contribution >= 4 is 23.0 Å². The molecule has 1 aliphatic rings. The molecule has 2 rings (SSSR count). The molecular weight excluding hydrogens is 254 g/mol. The van der Waals surface area contributed by atoms with Crippen molar-refractivity contribution in [2.75, 3.05) is 24.5 Å². The normalized spacial score (nSPS) is 16.9. The average Bonchev–Trinajstić information content (AvgIpc) is 2.38. The van der Waals surface area contributed by atoms with Crippen LogP contribution >= 0.6 is 11.6 Å². The first-order valence-corrected chi connectivity index (χ1v) is 6.39. The number of hydrogen-bond donors (Lipinski definition) is 1. The molecular formula is C12H16ClN3O2. The lowest BCUT2D eigenvalue weighted by Crippen LogP contribution is -2.36. The molecule has 98 valence electrons. The minimum absolute atomic E-state index is 0.0775. The van der Waals surface area contributed by atoms with E-state index in [2.05, 4.69) is 0 Å². The summed E-state index contributed by atoms with van der Waals surface area (Å²) < 4.78 is 0. The number of benzene rings is 1. The Kier molecular flexibility index (Phi) is 4.04. The van der Waals surface area contributed by atoms with Crippen molar-refractivity contribution in [2.24, 2.45) is 11.7 Å². The molecule has 0 atom stereocenters. The molecule has 1 heterocycles. The zero-order valence-electron chi connectivity index (χ0n) is 10.0. The van der Waals surface area contributed by atoms with Crippen LogP contribution in [-0.2, 0) is 0 Å². The number of nitro groups is 1. The molecule has 0 aliphatic carbocycles. The Morgan fingerprint density at radius 2 is 2.11 bits per heavy atom. The molecule has 1 saturated heterocycles. The Hall–Kier alpha value is -1.33. The summed E-state index contributed by atoms with van der Waals surface area (Å²) in [6, 6.07) is 4.80. The first kappa shape index (κ1) is 13.1. The molecule has 1 fully saturated rings. The van der Waals surface area contributed by atoms with Gasteiger partial charge in [-0.15, -0.1) is 0 Å². The molecule has 1 aliphatic heterocycles. The van der Waals surface area contributed by atoms with Crippen LogP contribution in [0.1, 0.15) is 12.8 Å². The van der Waals surface area contributed by atoms with E-state index in [0.717, 1.165) is 25.9 Å². The maximum absolute atomic E-state index is 11.0. The highest BCUT2D eigenvalue weighted by Gasteiger charge is 2.26. The lowest BCUT2D eigenvalue weighted by atomic mass is 9.96. The molecule has 6 heteroatoms. The van der Waals surface area contributed by atoms with Crippen LogP contribution in [0.3, 0.4) is 0 Å². The van der Waals surface area contributed by atoms with Gasteiger partial charge in [0, 0.05) is 19.2 Å². The van der Waals surface area contributed by atoms with Crippen LogP contribution in [-0.4, -0.2) is 24.6 Å². The van der Waals surface area contributed by atoms with Gasteiger partial charge in [-0.3, -0.25) is 10.1 Å². The van der Waals surface area contributed by atoms with Gasteiger partial charge in [0.2, 0.25) is 0 Å². The summed E-state index contributed by atoms with van der Waals surface area (Å²) in [5, 5.41) is 11.5. The van der Waals surface area contributed by atoms with Gasteiger partial charge in [-0.05, 0) is 31.4 Å². The second kappa shape index (κ2) is 5.54. The number of halogens is 1. The highest BCUT2D eigenvalue weighted by molar-refractivity contribution is 6.33. The summed E-state index contributed by atoms with van der Waals surface area (Å²) in [6.45, 7) is 2.22. The van der Waals surface area contributed by atoms with E-state index in [1.165, 1.54) is 6.07 Å². The van der Waals surface area contributed by atoms with Crippen molar-refractivity contribution in [2.45, 2.75) is 12.8 Å². The SMILES string of the molecule is NCC1CCN(c2c(Cl)cccc2[N+](=O)[O-])CC1. The van der Waals surface area contributed by atoms with Gasteiger partial charge in [0.05, 0.1) is 9.95 Å². The monoisotopic (exact) mass is 269 g/mol. The molecule has 0 aromatic heterocycles. The van der Waals surface area contributed by atoms with E-state index in [1.807, 2.05) is 4.90 Å². The van der Waals surface area contributed by atoms with Crippen LogP contribution in [0, 0.1) is 16.0 Å². The first-order chi connectivity index (χ1) is 8.63. The summed E-state index contributed by atoms with van der Waals surface area (Å²) in [5.74, 6) is 0.516. The standard InChI is InChI=1S/C12H16ClN3O2/c13-10-2-1-3-11(16(17)18)12(10)15-6-4-9(8-14)5-7-15/h1-3,9H,4-8,14H2. The Bertz CT molecular complexity index is 445. The van der Waals surface area contributed by atoms with Crippen molar-refractivity contribution in [3.05, 3.63) is 33.3 Å². The van der Waals surface area contributed by atoms with E-state index in [-0.39, 0.29) is 10.6 Å². The minimum Gasteiger partial charge on any atom is -0.365 e. The van der Waals surface area contributed by atoms with Gasteiger partial charge in [-0.1, -0.05) is 17.7 Å². The molecule has 0 bridgehead atoms. The van der Waals surface area contributed by atoms with Gasteiger partial charge < -0.3 is 10.6 Å². The molecule has 2 N–H and O–H groups in total. The van der Waals surface area contributed by atoms with Crippen molar-refractivity contribution in [3.8, 4) is 0 Å². The number of piperidine rings is 1. The van der Waals surface area contributed by atoms with Gasteiger partial charge in [0.1, 0.15) is 5.69 Å². The molecule has 0 amide bonds. The summed E-state index contributed by atoms with van der Waals surface area (Å²) in [6.07, 6.45) is 1.91. The van der Waals surface area contributed by atoms with Crippen LogP contribution in [0.4, 0.5) is 11.4 Å². The lowest BCUT2D eigenvalue weighted by Gasteiger charge is -2.33. The van der Waals surface area contributed by atoms with Gasteiger partial charge in [0.25, 0.3) is 5.69 Å². The number of nitrogens with zero attached hydrogens (tertiary/aromatic N) is 2. The third-order valence-electron chi connectivity index (χ3n) is 3.43. The van der Waals surface area contributed by atoms with Gasteiger partial charge in [0.15, 0.2) is 0 Å². The van der Waals surface area contributed by atoms with Crippen molar-refractivity contribution < 1.29 is 4.92 Å². The van der Waals surface area contributed by atoms with Crippen LogP contribution in [0.5, 0.6) is 0 Å². The Morgan fingerprint density at radius 3 is 2.67 bits per heavy atom. The lowest BCUT2D eigenvalue weighted by molar-refractivity contribution is -0.384. The van der Waals surface area contributed by atoms with Crippen LogP contribution in [0.15, 0.2) is 18.2 Å². The zero-order chi connectivity index (χ0) is 13.1. The highest BCUT2D eigenvalue weighted by atomic mass is 35.5. The second-order valence-electron chi connectivity index (χ2n) is 4.53. The van der Waals surface area contributed by atoms with Gasteiger partial charge >= 0.3 is 0 Å². The molecule has 0 unspecified atom stereocenters. The number of nitrogens with two attached hydrogens (primary N) is 1. The van der Waals surface area contributed by atoms with Gasteiger partial charge in [-0.25, -0.2) is 0 Å². The molecule has 0 spiro atoms. The van der Waals surface area contributed by atoms with Crippen molar-refractivity contribution in [1.29, 1.82) is 0 Å². The Balaban J connectivity index is 2.26. The van der Waals surface area contributed by atoms with E-state index in [0.29, 0.717) is 23.2 Å². The zero-order valence-corrected chi connectivity index (χ0v) is 10.8. The minimum atomic E-state index is -0.379. The predicted octanol–water partition coefficient (Wildman–Crippen LogP) is 2.42. The van der Waals surface area contributed by atoms with Crippen molar-refractivity contribution in [3.63, 3.8) is 0 Å². The predicted molar refractivity (Wildman–Crippen MR) is 72.1 cm³/mol. The summed E-state index contributed by atoms with van der Waals surface area (Å²) in [7, 11) is 0. The number of hydrogen-bond acceptors (Lipinski definition) is 4. The third kappa shape index (κ3) is 2.57. The maximum atomic E-state index is 11.0. The number of nitro benzene ring substituents is 1. The Morgan fingerprint density at radius 1 is 1.44 bits per heavy atom. The smallest absolute Gasteiger partial charge is 0.294 e. The number of anilines is 1. The molecule has 0 radical (unpaired) electrons. The van der Waals surface area contributed by atoms with E-state index < -0.39 is 0 Å². The fourth-order valence-corrected chi connectivity index (χ4v) is 2.65. The van der Waals surface area contributed by atoms with Crippen LogP contribution in [0.25, 0.3) is 0 Å². The van der Waals surface area contributed by atoms with E-state index >= 15 is 0 Å². The Labute approximate surface area is 111 Å². The number of rotatable bonds is 3. The third-order valence-corrected chi connectivity index (χ3v) is 3.73. The fourth-order valence-electron chi connectivity index (χ4n) is 2.36. The molecule has 0 saturated carbocycles. The topological polar surface area (TPSA) is 72.4 Å². The molecule has 18 heavy (non-hydrogen) atoms. The quantitative estimate of drug-likeness (QED) is 0.676. The van der Waals surface area contributed by atoms with E-state index in [9.17, 15) is 10.1 Å². The van der Waals surface area contributed by atoms with E-state index in [1.54, 1.807) is 12.1 Å². The molecule has 1 aromatic rings. The molecule has 5 nitrogen and oxygen atoms in total. The van der Waals surface area contributed by atoms with Gasteiger partial charge in [-0.2, -0.15) is 0 Å². The first-order valence-electron chi connectivity index (χ1n) is 6.01. The van der Waals surface area contributed by atoms with E-state index in [4.69, 9.17) is 17.3 Å². The number of para-hydroxylation sites is 1. The van der Waals surface area contributed by atoms with Crippen LogP contribution < -0.4 is 10.6 Å². The highest BCUT2D eigenvalue weighted by Crippen LogP contribution is 2.37. The fraction of sp³-hybridized carbons (Fsp3) is 0.500. The average molecular weight is 270 g/mol. The van der Waals surface area contributed by atoms with Crippen molar-refractivity contribution in [1.82, 2.24) is 0 Å². The summed E-state index contributed by atoms with van der Waals surface area (Å²) >= 11 is 6.11. The summed E-state index contributed by atoms with van der Waals surface area (Å²) in [4.78, 5) is 12.7. The summed E-state index contributed by atoms with van der Waals surface area (Å²) in [5.41, 5.74) is 6.26. The second-order valence-corrected chi connectivity index (χ2v) is 4.94. The van der Waals surface area contributed by atoms with Crippen LogP contribution in [0.2, 0.25) is 5.02 Å². The molecule has 1 aromatic carbocycles.